The van der Waals surface area contributed by atoms with Gasteiger partial charge in [-0.1, -0.05) is 42.5 Å². The molecule has 0 radical (unpaired) electrons. The summed E-state index contributed by atoms with van der Waals surface area (Å²) >= 11 is 0. The number of carbonyl (C=O) groups is 1. The lowest BCUT2D eigenvalue weighted by atomic mass is 10.1. The lowest BCUT2D eigenvalue weighted by Crippen LogP contribution is -1.94. The van der Waals surface area contributed by atoms with E-state index in [0.29, 0.717) is 5.56 Å². The normalized spacial score (nSPS) is 11.0. The van der Waals surface area contributed by atoms with Crippen LogP contribution in [0.2, 0.25) is 0 Å². The molecule has 0 saturated carbocycles. The molecule has 1 heterocycles. The molecule has 0 aliphatic heterocycles. The Kier molecular flexibility index (Phi) is 3.48. The summed E-state index contributed by atoms with van der Waals surface area (Å²) in [5.41, 5.74) is 3.23. The molecule has 0 aliphatic carbocycles. The first-order valence-corrected chi connectivity index (χ1v) is 6.58. The highest BCUT2D eigenvalue weighted by molar-refractivity contribution is 5.88. The van der Waals surface area contributed by atoms with Gasteiger partial charge in [0.2, 0.25) is 0 Å². The minimum atomic E-state index is -0.913. The number of benzene rings is 2. The second-order valence-electron chi connectivity index (χ2n) is 4.72. The number of pyridine rings is 1. The summed E-state index contributed by atoms with van der Waals surface area (Å²) in [4.78, 5) is 15.2. The van der Waals surface area contributed by atoms with E-state index in [4.69, 9.17) is 5.11 Å². The second-order valence-corrected chi connectivity index (χ2v) is 4.72. The number of para-hydroxylation sites is 1. The molecule has 1 aromatic heterocycles. The van der Waals surface area contributed by atoms with Crippen LogP contribution in [0.1, 0.15) is 21.5 Å². The molecule has 0 fully saturated rings. The average Bonchev–Trinajstić information content (AvgIpc) is 2.53. The van der Waals surface area contributed by atoms with Gasteiger partial charge in [0.15, 0.2) is 0 Å². The Labute approximate surface area is 122 Å². The van der Waals surface area contributed by atoms with E-state index >= 15 is 0 Å². The van der Waals surface area contributed by atoms with Crippen LogP contribution in [-0.2, 0) is 0 Å². The fourth-order valence-electron chi connectivity index (χ4n) is 2.11. The monoisotopic (exact) mass is 275 g/mol. The highest BCUT2D eigenvalue weighted by Crippen LogP contribution is 2.15. The zero-order valence-corrected chi connectivity index (χ0v) is 11.2. The van der Waals surface area contributed by atoms with Crippen LogP contribution >= 0.6 is 0 Å². The maximum absolute atomic E-state index is 10.8. The lowest BCUT2D eigenvalue weighted by molar-refractivity contribution is 0.0697. The maximum atomic E-state index is 10.8. The summed E-state index contributed by atoms with van der Waals surface area (Å²) in [7, 11) is 0. The second kappa shape index (κ2) is 5.59. The molecule has 1 N–H and O–H groups in total. The van der Waals surface area contributed by atoms with E-state index in [-0.39, 0.29) is 0 Å². The average molecular weight is 275 g/mol. The van der Waals surface area contributed by atoms with Crippen molar-refractivity contribution in [2.75, 3.05) is 0 Å². The van der Waals surface area contributed by atoms with Gasteiger partial charge < -0.3 is 5.11 Å². The molecule has 3 aromatic rings. The zero-order valence-electron chi connectivity index (χ0n) is 11.2. The van der Waals surface area contributed by atoms with Gasteiger partial charge in [-0.3, -0.25) is 4.98 Å². The van der Waals surface area contributed by atoms with E-state index in [1.54, 1.807) is 24.3 Å². The van der Waals surface area contributed by atoms with Crippen LogP contribution < -0.4 is 0 Å². The van der Waals surface area contributed by atoms with Gasteiger partial charge in [-0.15, -0.1) is 0 Å². The molecule has 0 atom stereocenters. The molecular formula is C18H13NO2. The number of carboxylic acid groups (broad SMARTS) is 1. The van der Waals surface area contributed by atoms with E-state index in [1.165, 1.54) is 0 Å². The van der Waals surface area contributed by atoms with Crippen LogP contribution in [0.3, 0.4) is 0 Å². The minimum absolute atomic E-state index is 0.291. The van der Waals surface area contributed by atoms with Crippen molar-refractivity contribution >= 4 is 29.0 Å². The number of aromatic carboxylic acids is 1. The van der Waals surface area contributed by atoms with Gasteiger partial charge in [0.05, 0.1) is 11.1 Å². The lowest BCUT2D eigenvalue weighted by Gasteiger charge is -1.99. The van der Waals surface area contributed by atoms with Crippen molar-refractivity contribution in [2.24, 2.45) is 0 Å². The van der Waals surface area contributed by atoms with E-state index in [1.807, 2.05) is 42.6 Å². The third-order valence-electron chi connectivity index (χ3n) is 3.24. The Morgan fingerprint density at radius 2 is 1.67 bits per heavy atom. The molecule has 3 heteroatoms. The Morgan fingerprint density at radius 3 is 2.43 bits per heavy atom. The largest absolute Gasteiger partial charge is 0.478 e. The summed E-state index contributed by atoms with van der Waals surface area (Å²) in [6, 6.07) is 16.8. The van der Waals surface area contributed by atoms with Crippen LogP contribution in [-0.4, -0.2) is 16.1 Å². The molecule has 21 heavy (non-hydrogen) atoms. The molecule has 0 spiro atoms. The van der Waals surface area contributed by atoms with Gasteiger partial charge in [-0.05, 0) is 35.4 Å². The number of nitrogens with zero attached hydrogens (tertiary/aromatic N) is 1. The summed E-state index contributed by atoms with van der Waals surface area (Å²) in [5.74, 6) is -0.913. The zero-order chi connectivity index (χ0) is 14.7. The topological polar surface area (TPSA) is 50.2 Å². The predicted octanol–water partition coefficient (Wildman–Crippen LogP) is 4.10. The van der Waals surface area contributed by atoms with E-state index in [0.717, 1.165) is 22.0 Å². The summed E-state index contributed by atoms with van der Waals surface area (Å²) in [6.07, 6.45) is 5.73. The number of aromatic nitrogens is 1. The third-order valence-corrected chi connectivity index (χ3v) is 3.24. The summed E-state index contributed by atoms with van der Waals surface area (Å²) in [5, 5.41) is 9.96. The molecule has 0 saturated heterocycles. The molecule has 2 aromatic carbocycles. The van der Waals surface area contributed by atoms with E-state index in [9.17, 15) is 4.79 Å². The Bertz CT molecular complexity index is 820. The number of carboxylic acids is 1. The van der Waals surface area contributed by atoms with Crippen LogP contribution in [0.15, 0.2) is 60.8 Å². The highest BCUT2D eigenvalue weighted by atomic mass is 16.4. The molecule has 0 bridgehead atoms. The van der Waals surface area contributed by atoms with Crippen molar-refractivity contribution in [3.8, 4) is 0 Å². The highest BCUT2D eigenvalue weighted by Gasteiger charge is 2.00. The van der Waals surface area contributed by atoms with Gasteiger partial charge in [0, 0.05) is 11.6 Å². The summed E-state index contributed by atoms with van der Waals surface area (Å²) < 4.78 is 0. The molecule has 0 aliphatic rings. The van der Waals surface area contributed by atoms with Crippen LogP contribution in [0.5, 0.6) is 0 Å². The van der Waals surface area contributed by atoms with Crippen molar-refractivity contribution in [1.29, 1.82) is 0 Å². The Balaban J connectivity index is 1.85. The Hall–Kier alpha value is -2.94. The molecule has 0 amide bonds. The predicted molar refractivity (Wildman–Crippen MR) is 84.1 cm³/mol. The smallest absolute Gasteiger partial charge is 0.335 e. The molecule has 0 unspecified atom stereocenters. The van der Waals surface area contributed by atoms with Gasteiger partial charge in [0.1, 0.15) is 0 Å². The van der Waals surface area contributed by atoms with E-state index < -0.39 is 5.97 Å². The van der Waals surface area contributed by atoms with Crippen LogP contribution in [0.25, 0.3) is 23.1 Å². The SMILES string of the molecule is O=C(O)c1ccc(C=Cc2cnc3ccccc3c2)cc1. The van der Waals surface area contributed by atoms with E-state index in [2.05, 4.69) is 11.1 Å². The first-order chi connectivity index (χ1) is 10.2. The minimum Gasteiger partial charge on any atom is -0.478 e. The maximum Gasteiger partial charge on any atom is 0.335 e. The molecule has 3 rings (SSSR count). The standard InChI is InChI=1S/C18H13NO2/c20-18(21)15-9-7-13(8-10-15)5-6-14-11-16-3-1-2-4-17(16)19-12-14/h1-12H,(H,20,21). The number of hydrogen-bond donors (Lipinski definition) is 1. The number of hydrogen-bond acceptors (Lipinski definition) is 2. The van der Waals surface area contributed by atoms with Crippen molar-refractivity contribution in [3.05, 3.63) is 77.5 Å². The fourth-order valence-corrected chi connectivity index (χ4v) is 2.11. The molecule has 3 nitrogen and oxygen atoms in total. The van der Waals surface area contributed by atoms with Crippen molar-refractivity contribution in [2.45, 2.75) is 0 Å². The number of fused-ring (bicyclic) bond motifs is 1. The summed E-state index contributed by atoms with van der Waals surface area (Å²) in [6.45, 7) is 0. The fraction of sp³-hybridized carbons (Fsp3) is 0. The van der Waals surface area contributed by atoms with Crippen molar-refractivity contribution in [1.82, 2.24) is 4.98 Å². The Morgan fingerprint density at radius 1 is 0.952 bits per heavy atom. The van der Waals surface area contributed by atoms with Gasteiger partial charge in [0.25, 0.3) is 0 Å². The first-order valence-electron chi connectivity index (χ1n) is 6.58. The molecular weight excluding hydrogens is 262 g/mol. The first kappa shape index (κ1) is 13.1. The molecule has 102 valence electrons. The quantitative estimate of drug-likeness (QED) is 0.782. The third kappa shape index (κ3) is 2.98. The van der Waals surface area contributed by atoms with Gasteiger partial charge >= 0.3 is 5.97 Å². The van der Waals surface area contributed by atoms with Crippen molar-refractivity contribution in [3.63, 3.8) is 0 Å². The van der Waals surface area contributed by atoms with Gasteiger partial charge in [-0.25, -0.2) is 4.79 Å². The van der Waals surface area contributed by atoms with Crippen LogP contribution in [0.4, 0.5) is 0 Å². The van der Waals surface area contributed by atoms with Crippen LogP contribution in [0, 0.1) is 0 Å². The number of rotatable bonds is 3. The van der Waals surface area contributed by atoms with Crippen molar-refractivity contribution < 1.29 is 9.90 Å². The van der Waals surface area contributed by atoms with Gasteiger partial charge in [-0.2, -0.15) is 0 Å².